The minimum atomic E-state index is -4.14. The summed E-state index contributed by atoms with van der Waals surface area (Å²) in [6.07, 6.45) is 0. The summed E-state index contributed by atoms with van der Waals surface area (Å²) in [5.41, 5.74) is 2.16. The van der Waals surface area contributed by atoms with E-state index in [4.69, 9.17) is 0 Å². The standard InChI is InChI=1S/C27H30FN3O4S/c1-19-14-15-25(20(2)16-19)31(36(34,35)23-11-6-5-7-12-23)18-26(32)30(21(3)27(33)29-4)17-22-10-8-9-13-24(22)28/h5-16,21H,17-18H2,1-4H3,(H,29,33)/t21-/m1/s1. The van der Waals surface area contributed by atoms with E-state index in [-0.39, 0.29) is 17.0 Å². The van der Waals surface area contributed by atoms with Crippen molar-refractivity contribution >= 4 is 27.5 Å². The van der Waals surface area contributed by atoms with E-state index in [0.29, 0.717) is 11.3 Å². The number of benzene rings is 3. The number of halogens is 1. The van der Waals surface area contributed by atoms with Crippen LogP contribution in [0.15, 0.2) is 77.7 Å². The Morgan fingerprint density at radius 3 is 2.22 bits per heavy atom. The van der Waals surface area contributed by atoms with Crippen molar-refractivity contribution in [1.82, 2.24) is 10.2 Å². The van der Waals surface area contributed by atoms with Gasteiger partial charge in [-0.25, -0.2) is 12.8 Å². The number of rotatable bonds is 9. The van der Waals surface area contributed by atoms with E-state index in [1.54, 1.807) is 43.3 Å². The summed E-state index contributed by atoms with van der Waals surface area (Å²) in [5, 5.41) is 2.50. The van der Waals surface area contributed by atoms with E-state index < -0.39 is 40.2 Å². The highest BCUT2D eigenvalue weighted by molar-refractivity contribution is 7.92. The third-order valence-electron chi connectivity index (χ3n) is 5.94. The topological polar surface area (TPSA) is 86.8 Å². The third kappa shape index (κ3) is 5.91. The zero-order valence-electron chi connectivity index (χ0n) is 20.7. The molecule has 9 heteroatoms. The first-order chi connectivity index (χ1) is 17.1. The van der Waals surface area contributed by atoms with Gasteiger partial charge < -0.3 is 10.2 Å². The number of nitrogens with zero attached hydrogens (tertiary/aromatic N) is 2. The number of likely N-dealkylation sites (N-methyl/N-ethyl adjacent to an activating group) is 1. The summed E-state index contributed by atoms with van der Waals surface area (Å²) in [5.74, 6) is -1.62. The summed E-state index contributed by atoms with van der Waals surface area (Å²) in [6.45, 7) is 4.40. The van der Waals surface area contributed by atoms with Gasteiger partial charge in [-0.1, -0.05) is 54.1 Å². The van der Waals surface area contributed by atoms with Gasteiger partial charge in [-0.2, -0.15) is 0 Å². The molecular formula is C27H30FN3O4S. The molecule has 1 N–H and O–H groups in total. The van der Waals surface area contributed by atoms with Crippen LogP contribution in [0.5, 0.6) is 0 Å². The van der Waals surface area contributed by atoms with E-state index >= 15 is 0 Å². The Bertz CT molecular complexity index is 1350. The Labute approximate surface area is 211 Å². The molecule has 0 saturated carbocycles. The molecule has 7 nitrogen and oxygen atoms in total. The Hall–Kier alpha value is -3.72. The Morgan fingerprint density at radius 1 is 0.972 bits per heavy atom. The number of nitrogens with one attached hydrogen (secondary N) is 1. The maximum Gasteiger partial charge on any atom is 0.264 e. The van der Waals surface area contributed by atoms with Crippen LogP contribution in [-0.4, -0.2) is 44.8 Å². The average Bonchev–Trinajstić information content (AvgIpc) is 2.86. The van der Waals surface area contributed by atoms with Gasteiger partial charge in [-0.05, 0) is 50.6 Å². The maximum absolute atomic E-state index is 14.4. The fourth-order valence-electron chi connectivity index (χ4n) is 3.92. The van der Waals surface area contributed by atoms with Crippen LogP contribution < -0.4 is 9.62 Å². The van der Waals surface area contributed by atoms with Crippen LogP contribution in [0.3, 0.4) is 0 Å². The first kappa shape index (κ1) is 26.9. The van der Waals surface area contributed by atoms with E-state index in [0.717, 1.165) is 9.87 Å². The van der Waals surface area contributed by atoms with Crippen LogP contribution in [-0.2, 0) is 26.2 Å². The molecule has 0 aliphatic rings. The number of carbonyl (C=O) groups is 2. The van der Waals surface area contributed by atoms with Crippen LogP contribution >= 0.6 is 0 Å². The molecule has 0 aliphatic carbocycles. The first-order valence-corrected chi connectivity index (χ1v) is 12.9. The summed E-state index contributed by atoms with van der Waals surface area (Å²) in [7, 11) is -2.70. The van der Waals surface area contributed by atoms with Crippen LogP contribution in [0.1, 0.15) is 23.6 Å². The number of sulfonamides is 1. The molecule has 0 aliphatic heterocycles. The number of hydrogen-bond donors (Lipinski definition) is 1. The number of amides is 2. The lowest BCUT2D eigenvalue weighted by Crippen LogP contribution is -2.51. The second-order valence-electron chi connectivity index (χ2n) is 8.52. The van der Waals surface area contributed by atoms with Crippen LogP contribution in [0, 0.1) is 19.7 Å². The molecule has 2 amide bonds. The van der Waals surface area contributed by atoms with Crippen molar-refractivity contribution < 1.29 is 22.4 Å². The van der Waals surface area contributed by atoms with Gasteiger partial charge in [0.15, 0.2) is 0 Å². The zero-order valence-corrected chi connectivity index (χ0v) is 21.5. The van der Waals surface area contributed by atoms with E-state index in [1.165, 1.54) is 49.2 Å². The molecule has 0 spiro atoms. The van der Waals surface area contributed by atoms with Crippen LogP contribution in [0.25, 0.3) is 0 Å². The predicted octanol–water partition coefficient (Wildman–Crippen LogP) is 3.80. The SMILES string of the molecule is CNC(=O)[C@@H](C)N(Cc1ccccc1F)C(=O)CN(c1ccc(C)cc1C)S(=O)(=O)c1ccccc1. The van der Waals surface area contributed by atoms with E-state index in [1.807, 2.05) is 13.0 Å². The highest BCUT2D eigenvalue weighted by Crippen LogP contribution is 2.28. The molecule has 3 aromatic rings. The molecule has 0 bridgehead atoms. The summed E-state index contributed by atoms with van der Waals surface area (Å²) < 4.78 is 42.9. The van der Waals surface area contributed by atoms with Crippen molar-refractivity contribution in [3.63, 3.8) is 0 Å². The van der Waals surface area contributed by atoms with Gasteiger partial charge in [-0.15, -0.1) is 0 Å². The number of aryl methyl sites for hydroxylation is 2. The van der Waals surface area contributed by atoms with Crippen molar-refractivity contribution in [2.75, 3.05) is 17.9 Å². The lowest BCUT2D eigenvalue weighted by atomic mass is 10.1. The highest BCUT2D eigenvalue weighted by atomic mass is 32.2. The molecule has 3 aromatic carbocycles. The van der Waals surface area contributed by atoms with Gasteiger partial charge in [0.1, 0.15) is 18.4 Å². The van der Waals surface area contributed by atoms with Crippen LogP contribution in [0.4, 0.5) is 10.1 Å². The molecule has 1 atom stereocenters. The van der Waals surface area contributed by atoms with E-state index in [9.17, 15) is 22.4 Å². The normalized spacial score (nSPS) is 12.0. The molecule has 0 fully saturated rings. The van der Waals surface area contributed by atoms with Gasteiger partial charge in [-0.3, -0.25) is 13.9 Å². The Kier molecular flexibility index (Phi) is 8.47. The average molecular weight is 512 g/mol. The largest absolute Gasteiger partial charge is 0.357 e. The number of anilines is 1. The van der Waals surface area contributed by atoms with Crippen molar-refractivity contribution in [2.24, 2.45) is 0 Å². The minimum absolute atomic E-state index is 0.0257. The lowest BCUT2D eigenvalue weighted by molar-refractivity contribution is -0.139. The second-order valence-corrected chi connectivity index (χ2v) is 10.4. The zero-order chi connectivity index (χ0) is 26.5. The molecular weight excluding hydrogens is 481 g/mol. The van der Waals surface area contributed by atoms with E-state index in [2.05, 4.69) is 5.32 Å². The molecule has 0 saturated heterocycles. The molecule has 36 heavy (non-hydrogen) atoms. The molecule has 3 rings (SSSR count). The molecule has 0 aromatic heterocycles. The van der Waals surface area contributed by atoms with Gasteiger partial charge in [0, 0.05) is 19.2 Å². The van der Waals surface area contributed by atoms with Gasteiger partial charge in [0.2, 0.25) is 11.8 Å². The fraction of sp³-hybridized carbons (Fsp3) is 0.259. The smallest absolute Gasteiger partial charge is 0.264 e. The first-order valence-electron chi connectivity index (χ1n) is 11.5. The predicted molar refractivity (Wildman–Crippen MR) is 137 cm³/mol. The summed E-state index contributed by atoms with van der Waals surface area (Å²) in [4.78, 5) is 27.4. The lowest BCUT2D eigenvalue weighted by Gasteiger charge is -2.32. The van der Waals surface area contributed by atoms with Crippen molar-refractivity contribution in [2.45, 2.75) is 38.3 Å². The van der Waals surface area contributed by atoms with Gasteiger partial charge in [0.05, 0.1) is 10.6 Å². The third-order valence-corrected chi connectivity index (χ3v) is 7.72. The fourth-order valence-corrected chi connectivity index (χ4v) is 5.42. The molecule has 0 radical (unpaired) electrons. The Morgan fingerprint density at radius 2 is 1.61 bits per heavy atom. The quantitative estimate of drug-likeness (QED) is 0.474. The molecule has 0 unspecified atom stereocenters. The highest BCUT2D eigenvalue weighted by Gasteiger charge is 2.33. The molecule has 190 valence electrons. The van der Waals surface area contributed by atoms with Crippen molar-refractivity contribution in [1.29, 1.82) is 0 Å². The summed E-state index contributed by atoms with van der Waals surface area (Å²) in [6, 6.07) is 18.1. The molecule has 0 heterocycles. The second kappa shape index (κ2) is 11.3. The minimum Gasteiger partial charge on any atom is -0.357 e. The maximum atomic E-state index is 14.4. The number of hydrogen-bond acceptors (Lipinski definition) is 4. The number of carbonyl (C=O) groups excluding carboxylic acids is 2. The van der Waals surface area contributed by atoms with Gasteiger partial charge >= 0.3 is 0 Å². The van der Waals surface area contributed by atoms with Crippen molar-refractivity contribution in [3.8, 4) is 0 Å². The Balaban J connectivity index is 2.07. The monoisotopic (exact) mass is 511 g/mol. The van der Waals surface area contributed by atoms with Crippen LogP contribution in [0.2, 0.25) is 0 Å². The van der Waals surface area contributed by atoms with Gasteiger partial charge in [0.25, 0.3) is 10.0 Å². The van der Waals surface area contributed by atoms with Crippen molar-refractivity contribution in [3.05, 3.63) is 95.3 Å². The summed E-state index contributed by atoms with van der Waals surface area (Å²) >= 11 is 0.